The molecular weight excluding hydrogens is 434 g/mol. The normalized spacial score (nSPS) is 31.5. The highest BCUT2D eigenvalue weighted by Crippen LogP contribution is 2.32. The Hall–Kier alpha value is -2.45. The summed E-state index contributed by atoms with van der Waals surface area (Å²) >= 11 is 0. The smallest absolute Gasteiger partial charge is 0.255 e. The average Bonchev–Trinajstić information content (AvgIpc) is 3.41. The fourth-order valence-electron chi connectivity index (χ4n) is 5.99. The maximum atomic E-state index is 12.9. The Balaban J connectivity index is 1.17. The number of hydrogen-bond donors (Lipinski definition) is 2. The monoisotopic (exact) mass is 469 g/mol. The molecule has 34 heavy (non-hydrogen) atoms. The van der Waals surface area contributed by atoms with Gasteiger partial charge in [-0.2, -0.15) is 0 Å². The minimum atomic E-state index is -0.593. The molecule has 2 aliphatic heterocycles. The molecule has 0 bridgehead atoms. The third kappa shape index (κ3) is 4.84. The van der Waals surface area contributed by atoms with Crippen LogP contribution in [0, 0.1) is 5.92 Å². The van der Waals surface area contributed by atoms with Crippen molar-refractivity contribution < 1.29 is 23.9 Å². The molecule has 1 aromatic carbocycles. The third-order valence-corrected chi connectivity index (χ3v) is 8.03. The van der Waals surface area contributed by atoms with E-state index in [4.69, 9.17) is 9.47 Å². The maximum Gasteiger partial charge on any atom is 0.255 e. The molecule has 2 N–H and O–H groups in total. The van der Waals surface area contributed by atoms with Crippen LogP contribution in [0.3, 0.4) is 0 Å². The van der Waals surface area contributed by atoms with Crippen molar-refractivity contribution in [3.63, 3.8) is 0 Å². The minimum Gasteiger partial charge on any atom is -0.489 e. The molecule has 3 unspecified atom stereocenters. The molecular formula is C26H35N3O5. The summed E-state index contributed by atoms with van der Waals surface area (Å²) in [5.74, 6) is 0.667. The van der Waals surface area contributed by atoms with Gasteiger partial charge in [-0.05, 0) is 87.6 Å². The molecule has 3 atom stereocenters. The van der Waals surface area contributed by atoms with Crippen LogP contribution in [-0.2, 0) is 20.9 Å². The van der Waals surface area contributed by atoms with Gasteiger partial charge in [-0.3, -0.25) is 19.7 Å². The zero-order valence-electron chi connectivity index (χ0n) is 19.9. The van der Waals surface area contributed by atoms with Crippen molar-refractivity contribution in [2.24, 2.45) is 5.92 Å². The molecule has 2 saturated carbocycles. The molecule has 0 radical (unpaired) electrons. The summed E-state index contributed by atoms with van der Waals surface area (Å²) in [6, 6.07) is 5.37. The van der Waals surface area contributed by atoms with Crippen molar-refractivity contribution in [1.29, 1.82) is 0 Å². The van der Waals surface area contributed by atoms with Gasteiger partial charge in [0.05, 0.1) is 6.10 Å². The van der Waals surface area contributed by atoms with Crippen LogP contribution in [0.4, 0.5) is 0 Å². The molecule has 0 spiro atoms. The molecule has 3 amide bonds. The molecule has 2 heterocycles. The molecule has 8 heteroatoms. The van der Waals surface area contributed by atoms with Crippen molar-refractivity contribution >= 4 is 17.7 Å². The van der Waals surface area contributed by atoms with Gasteiger partial charge in [-0.25, -0.2) is 0 Å². The van der Waals surface area contributed by atoms with Crippen molar-refractivity contribution in [3.05, 3.63) is 29.3 Å². The predicted octanol–water partition coefficient (Wildman–Crippen LogP) is 2.54. The number of nitrogens with one attached hydrogen (secondary N) is 2. The van der Waals surface area contributed by atoms with E-state index in [1.165, 1.54) is 12.8 Å². The van der Waals surface area contributed by atoms with E-state index in [2.05, 4.69) is 10.6 Å². The number of nitrogens with zero attached hydrogens (tertiary/aromatic N) is 1. The van der Waals surface area contributed by atoms with Crippen LogP contribution in [0.25, 0.3) is 0 Å². The number of benzene rings is 1. The van der Waals surface area contributed by atoms with Crippen LogP contribution in [0.2, 0.25) is 0 Å². The van der Waals surface area contributed by atoms with Gasteiger partial charge in [0.25, 0.3) is 5.91 Å². The van der Waals surface area contributed by atoms with Gasteiger partial charge in [0.1, 0.15) is 17.9 Å². The van der Waals surface area contributed by atoms with Crippen LogP contribution < -0.4 is 15.4 Å². The molecule has 0 aromatic heterocycles. The number of carbonyl (C=O) groups excluding carboxylic acids is 3. The number of piperidine rings is 1. The van der Waals surface area contributed by atoms with Crippen LogP contribution in [0.1, 0.15) is 73.7 Å². The zero-order chi connectivity index (χ0) is 23.7. The van der Waals surface area contributed by atoms with Crippen LogP contribution in [0.5, 0.6) is 5.75 Å². The van der Waals surface area contributed by atoms with Crippen LogP contribution in [0.15, 0.2) is 18.2 Å². The topological polar surface area (TPSA) is 97.0 Å². The van der Waals surface area contributed by atoms with E-state index in [-0.39, 0.29) is 30.2 Å². The van der Waals surface area contributed by atoms with E-state index in [0.29, 0.717) is 36.6 Å². The van der Waals surface area contributed by atoms with Gasteiger partial charge >= 0.3 is 0 Å². The Labute approximate surface area is 200 Å². The second-order valence-electron chi connectivity index (χ2n) is 10.2. The molecule has 184 valence electrons. The number of ether oxygens (including phenoxy) is 2. The summed E-state index contributed by atoms with van der Waals surface area (Å²) in [5.41, 5.74) is 1.49. The lowest BCUT2D eigenvalue weighted by atomic mass is 9.87. The number of methoxy groups -OCH3 is 1. The quantitative estimate of drug-likeness (QED) is 0.596. The standard InChI is InChI=1S/C26H35N3O5/c1-33-18-7-5-16(6-8-18)14-27-21-3-2-4-23(21)34-19-9-10-20-17(13-19)15-29(26(20)32)22-11-12-24(30)28-25(22)31/h9-10,13,16,18,21-23,27H,2-8,11-12,14-15H2,1H3,(H,28,30,31)/t16-,18-,21?,22?,23?. The Bertz CT molecular complexity index is 942. The number of amides is 3. The molecule has 3 fully saturated rings. The molecule has 1 aromatic rings. The first-order valence-corrected chi connectivity index (χ1v) is 12.7. The predicted molar refractivity (Wildman–Crippen MR) is 125 cm³/mol. The largest absolute Gasteiger partial charge is 0.489 e. The summed E-state index contributed by atoms with van der Waals surface area (Å²) in [6.45, 7) is 1.40. The van der Waals surface area contributed by atoms with Crippen molar-refractivity contribution in [2.75, 3.05) is 13.7 Å². The molecule has 4 aliphatic rings. The summed E-state index contributed by atoms with van der Waals surface area (Å²) in [7, 11) is 1.81. The first-order valence-electron chi connectivity index (χ1n) is 12.7. The zero-order valence-corrected chi connectivity index (χ0v) is 19.9. The van der Waals surface area contributed by atoms with Crippen LogP contribution in [-0.4, -0.2) is 60.6 Å². The van der Waals surface area contributed by atoms with E-state index in [0.717, 1.165) is 50.0 Å². The van der Waals surface area contributed by atoms with E-state index in [1.54, 1.807) is 4.90 Å². The summed E-state index contributed by atoms with van der Waals surface area (Å²) in [4.78, 5) is 38.2. The van der Waals surface area contributed by atoms with Crippen LogP contribution >= 0.6 is 0 Å². The SMILES string of the molecule is CO[C@H]1CC[C@H](CNC2CCCC2Oc2ccc3c(c2)CN(C2CCC(=O)NC2=O)C3=O)CC1. The van der Waals surface area contributed by atoms with E-state index in [9.17, 15) is 14.4 Å². The summed E-state index contributed by atoms with van der Waals surface area (Å²) < 4.78 is 11.9. The highest BCUT2D eigenvalue weighted by atomic mass is 16.5. The Morgan fingerprint density at radius 1 is 1.06 bits per heavy atom. The van der Waals surface area contributed by atoms with Gasteiger partial charge in [-0.15, -0.1) is 0 Å². The maximum absolute atomic E-state index is 12.9. The summed E-state index contributed by atoms with van der Waals surface area (Å²) in [6.07, 6.45) is 9.19. The molecule has 2 aliphatic carbocycles. The lowest BCUT2D eigenvalue weighted by Crippen LogP contribution is -2.52. The molecule has 8 nitrogen and oxygen atoms in total. The van der Waals surface area contributed by atoms with Crippen molar-refractivity contribution in [2.45, 2.75) is 88.6 Å². The molecule has 5 rings (SSSR count). The second kappa shape index (κ2) is 10.0. The van der Waals surface area contributed by atoms with Gasteiger partial charge in [-0.1, -0.05) is 0 Å². The highest BCUT2D eigenvalue weighted by molar-refractivity contribution is 6.05. The lowest BCUT2D eigenvalue weighted by molar-refractivity contribution is -0.136. The highest BCUT2D eigenvalue weighted by Gasteiger charge is 2.39. The number of rotatable bonds is 7. The Kier molecular flexibility index (Phi) is 6.88. The Morgan fingerprint density at radius 3 is 2.65 bits per heavy atom. The first kappa shape index (κ1) is 23.3. The number of imide groups is 1. The number of hydrogen-bond acceptors (Lipinski definition) is 6. The van der Waals surface area contributed by atoms with Crippen molar-refractivity contribution in [3.8, 4) is 5.75 Å². The fraction of sp³-hybridized carbons (Fsp3) is 0.654. The Morgan fingerprint density at radius 2 is 1.88 bits per heavy atom. The molecule has 1 saturated heterocycles. The van der Waals surface area contributed by atoms with E-state index in [1.807, 2.05) is 25.3 Å². The summed E-state index contributed by atoms with van der Waals surface area (Å²) in [5, 5.41) is 6.12. The van der Waals surface area contributed by atoms with Crippen molar-refractivity contribution in [1.82, 2.24) is 15.5 Å². The second-order valence-corrected chi connectivity index (χ2v) is 10.2. The number of carbonyl (C=O) groups is 3. The lowest BCUT2D eigenvalue weighted by Gasteiger charge is -2.30. The number of fused-ring (bicyclic) bond motifs is 1. The van der Waals surface area contributed by atoms with Gasteiger partial charge in [0.15, 0.2) is 0 Å². The average molecular weight is 470 g/mol. The fourth-order valence-corrected chi connectivity index (χ4v) is 5.99. The van der Waals surface area contributed by atoms with E-state index >= 15 is 0 Å². The van der Waals surface area contributed by atoms with Gasteiger partial charge in [0, 0.05) is 31.7 Å². The van der Waals surface area contributed by atoms with Gasteiger partial charge in [0.2, 0.25) is 11.8 Å². The first-order chi connectivity index (χ1) is 16.5. The van der Waals surface area contributed by atoms with Gasteiger partial charge < -0.3 is 19.7 Å². The third-order valence-electron chi connectivity index (χ3n) is 8.03. The van der Waals surface area contributed by atoms with E-state index < -0.39 is 6.04 Å². The minimum absolute atomic E-state index is 0.122.